The Labute approximate surface area is 149 Å². The first-order valence-electron chi connectivity index (χ1n) is 9.02. The Kier molecular flexibility index (Phi) is 5.71. The number of carboxylic acids is 1. The summed E-state index contributed by atoms with van der Waals surface area (Å²) < 4.78 is 0. The van der Waals surface area contributed by atoms with Crippen LogP contribution in [-0.2, 0) is 17.6 Å². The van der Waals surface area contributed by atoms with Gasteiger partial charge in [0.05, 0.1) is 0 Å². The van der Waals surface area contributed by atoms with Gasteiger partial charge >= 0.3 is 5.97 Å². The van der Waals surface area contributed by atoms with Crippen molar-refractivity contribution in [1.29, 1.82) is 0 Å². The maximum atomic E-state index is 11.8. The number of aliphatic carboxylic acids is 1. The lowest BCUT2D eigenvalue weighted by Crippen LogP contribution is -2.53. The van der Waals surface area contributed by atoms with Crippen LogP contribution in [0.4, 0.5) is 5.69 Å². The molecule has 25 heavy (non-hydrogen) atoms. The van der Waals surface area contributed by atoms with E-state index in [9.17, 15) is 9.90 Å². The molecule has 1 N–H and O–H groups in total. The number of carbonyl (C=O) groups is 1. The highest BCUT2D eigenvalue weighted by Gasteiger charge is 2.29. The molecular formula is C21H26N2O2. The Hall–Kier alpha value is -2.33. The van der Waals surface area contributed by atoms with Gasteiger partial charge in [0.2, 0.25) is 0 Å². The first kappa shape index (κ1) is 17.5. The Bertz CT molecular complexity index is 677. The van der Waals surface area contributed by atoms with Gasteiger partial charge in [0.1, 0.15) is 6.04 Å². The van der Waals surface area contributed by atoms with Crippen molar-refractivity contribution >= 4 is 11.7 Å². The quantitative estimate of drug-likeness (QED) is 0.879. The monoisotopic (exact) mass is 338 g/mol. The van der Waals surface area contributed by atoms with Crippen molar-refractivity contribution in [3.63, 3.8) is 0 Å². The third-order valence-electron chi connectivity index (χ3n) is 5.02. The predicted molar refractivity (Wildman–Crippen MR) is 101 cm³/mol. The van der Waals surface area contributed by atoms with E-state index in [1.54, 1.807) is 0 Å². The molecule has 0 aromatic heterocycles. The topological polar surface area (TPSA) is 43.8 Å². The molecule has 2 aromatic rings. The maximum Gasteiger partial charge on any atom is 0.321 e. The zero-order valence-corrected chi connectivity index (χ0v) is 14.8. The summed E-state index contributed by atoms with van der Waals surface area (Å²) in [6.07, 6.45) is 1.56. The smallest absolute Gasteiger partial charge is 0.321 e. The second-order valence-corrected chi connectivity index (χ2v) is 6.59. The Balaban J connectivity index is 1.62. The maximum absolute atomic E-state index is 11.8. The molecule has 1 fully saturated rings. The molecule has 0 spiro atoms. The summed E-state index contributed by atoms with van der Waals surface area (Å²) in [6, 6.07) is 18.2. The molecule has 2 aromatic carbocycles. The van der Waals surface area contributed by atoms with E-state index >= 15 is 0 Å². The average molecular weight is 338 g/mol. The summed E-state index contributed by atoms with van der Waals surface area (Å²) in [6.45, 7) is 5.41. The van der Waals surface area contributed by atoms with Crippen LogP contribution in [0.1, 0.15) is 18.1 Å². The van der Waals surface area contributed by atoms with Gasteiger partial charge in [-0.25, -0.2) is 0 Å². The van der Waals surface area contributed by atoms with E-state index in [0.717, 1.165) is 38.2 Å². The molecule has 1 aliphatic heterocycles. The molecule has 0 aliphatic carbocycles. The minimum atomic E-state index is -0.729. The first-order valence-corrected chi connectivity index (χ1v) is 9.02. The van der Waals surface area contributed by atoms with Crippen LogP contribution in [0.15, 0.2) is 54.6 Å². The Morgan fingerprint density at radius 2 is 1.56 bits per heavy atom. The van der Waals surface area contributed by atoms with Crippen LogP contribution in [-0.4, -0.2) is 48.2 Å². The minimum Gasteiger partial charge on any atom is -0.480 e. The van der Waals surface area contributed by atoms with Crippen molar-refractivity contribution in [1.82, 2.24) is 4.90 Å². The van der Waals surface area contributed by atoms with Crippen LogP contribution in [0.5, 0.6) is 0 Å². The number of piperazine rings is 1. The standard InChI is InChI=1S/C21H26N2O2/c1-2-17-8-10-18(11-9-17)16-20(21(24)25)23-14-12-22(13-15-23)19-6-4-3-5-7-19/h3-11,20H,2,12-16H2,1H3,(H,24,25)/t20-/m1/s1. The molecule has 0 unspecified atom stereocenters. The van der Waals surface area contributed by atoms with E-state index in [4.69, 9.17) is 0 Å². The number of hydrogen-bond acceptors (Lipinski definition) is 3. The van der Waals surface area contributed by atoms with Crippen LogP contribution in [0.3, 0.4) is 0 Å². The molecule has 1 aliphatic rings. The van der Waals surface area contributed by atoms with Gasteiger partial charge in [-0.15, -0.1) is 0 Å². The number of anilines is 1. The van der Waals surface area contributed by atoms with E-state index in [1.807, 2.05) is 18.2 Å². The summed E-state index contributed by atoms with van der Waals surface area (Å²) >= 11 is 0. The first-order chi connectivity index (χ1) is 12.2. The molecule has 3 rings (SSSR count). The van der Waals surface area contributed by atoms with Gasteiger partial charge in [-0.2, -0.15) is 0 Å². The molecule has 0 amide bonds. The third-order valence-corrected chi connectivity index (χ3v) is 5.02. The zero-order chi connectivity index (χ0) is 17.6. The summed E-state index contributed by atoms with van der Waals surface area (Å²) in [4.78, 5) is 16.3. The SMILES string of the molecule is CCc1ccc(C[C@H](C(=O)O)N2CCN(c3ccccc3)CC2)cc1. The van der Waals surface area contributed by atoms with Crippen LogP contribution >= 0.6 is 0 Å². The van der Waals surface area contributed by atoms with Crippen molar-refractivity contribution < 1.29 is 9.90 Å². The molecule has 0 bridgehead atoms. The number of carboxylic acid groups (broad SMARTS) is 1. The van der Waals surface area contributed by atoms with Gasteiger partial charge in [0.25, 0.3) is 0 Å². The third kappa shape index (κ3) is 4.40. The van der Waals surface area contributed by atoms with Crippen LogP contribution < -0.4 is 4.90 Å². The lowest BCUT2D eigenvalue weighted by molar-refractivity contribution is -0.143. The summed E-state index contributed by atoms with van der Waals surface area (Å²) in [5.41, 5.74) is 3.59. The van der Waals surface area contributed by atoms with Crippen molar-refractivity contribution in [2.45, 2.75) is 25.8 Å². The highest BCUT2D eigenvalue weighted by molar-refractivity contribution is 5.74. The van der Waals surface area contributed by atoms with E-state index in [0.29, 0.717) is 6.42 Å². The summed E-state index contributed by atoms with van der Waals surface area (Å²) in [7, 11) is 0. The Morgan fingerprint density at radius 1 is 0.960 bits per heavy atom. The van der Waals surface area contributed by atoms with Crippen molar-refractivity contribution in [3.05, 3.63) is 65.7 Å². The Morgan fingerprint density at radius 3 is 2.12 bits per heavy atom. The van der Waals surface area contributed by atoms with Gasteiger partial charge in [-0.1, -0.05) is 49.4 Å². The molecule has 4 nitrogen and oxygen atoms in total. The van der Waals surface area contributed by atoms with E-state index in [2.05, 4.69) is 53.1 Å². The van der Waals surface area contributed by atoms with Gasteiger partial charge in [-0.3, -0.25) is 9.69 Å². The molecule has 1 atom stereocenters. The highest BCUT2D eigenvalue weighted by Crippen LogP contribution is 2.18. The number of nitrogens with zero attached hydrogens (tertiary/aromatic N) is 2. The second kappa shape index (κ2) is 8.17. The largest absolute Gasteiger partial charge is 0.480 e. The van der Waals surface area contributed by atoms with Crippen LogP contribution in [0.2, 0.25) is 0 Å². The number of hydrogen-bond donors (Lipinski definition) is 1. The number of para-hydroxylation sites is 1. The number of aryl methyl sites for hydroxylation is 1. The average Bonchev–Trinajstić information content (AvgIpc) is 2.67. The molecule has 1 saturated heterocycles. The summed E-state index contributed by atoms with van der Waals surface area (Å²) in [5, 5.41) is 9.72. The van der Waals surface area contributed by atoms with Gasteiger partial charge < -0.3 is 10.0 Å². The molecular weight excluding hydrogens is 312 g/mol. The fourth-order valence-corrected chi connectivity index (χ4v) is 3.44. The highest BCUT2D eigenvalue weighted by atomic mass is 16.4. The van der Waals surface area contributed by atoms with Gasteiger partial charge in [0.15, 0.2) is 0 Å². The molecule has 0 saturated carbocycles. The molecule has 0 radical (unpaired) electrons. The molecule has 1 heterocycles. The zero-order valence-electron chi connectivity index (χ0n) is 14.8. The fraction of sp³-hybridized carbons (Fsp3) is 0.381. The van der Waals surface area contributed by atoms with Crippen molar-refractivity contribution in [3.8, 4) is 0 Å². The fourth-order valence-electron chi connectivity index (χ4n) is 3.44. The van der Waals surface area contributed by atoms with E-state index in [1.165, 1.54) is 11.3 Å². The minimum absolute atomic E-state index is 0.453. The van der Waals surface area contributed by atoms with Crippen molar-refractivity contribution in [2.24, 2.45) is 0 Å². The van der Waals surface area contributed by atoms with Crippen LogP contribution in [0.25, 0.3) is 0 Å². The van der Waals surface area contributed by atoms with E-state index in [-0.39, 0.29) is 0 Å². The second-order valence-electron chi connectivity index (χ2n) is 6.59. The number of rotatable bonds is 6. The predicted octanol–water partition coefficient (Wildman–Crippen LogP) is 3.07. The molecule has 4 heteroatoms. The summed E-state index contributed by atoms with van der Waals surface area (Å²) in [5.74, 6) is -0.729. The van der Waals surface area contributed by atoms with E-state index < -0.39 is 12.0 Å². The van der Waals surface area contributed by atoms with Gasteiger partial charge in [-0.05, 0) is 36.1 Å². The van der Waals surface area contributed by atoms with Gasteiger partial charge in [0, 0.05) is 31.9 Å². The molecule has 132 valence electrons. The van der Waals surface area contributed by atoms with Crippen LogP contribution in [0, 0.1) is 0 Å². The number of benzene rings is 2. The normalized spacial score (nSPS) is 16.6. The lowest BCUT2D eigenvalue weighted by Gasteiger charge is -2.38. The lowest BCUT2D eigenvalue weighted by atomic mass is 10.0. The van der Waals surface area contributed by atoms with Crippen molar-refractivity contribution in [2.75, 3.05) is 31.1 Å².